The van der Waals surface area contributed by atoms with Crippen molar-refractivity contribution in [3.63, 3.8) is 0 Å². The highest BCUT2D eigenvalue weighted by molar-refractivity contribution is 5.20. The molecule has 0 spiro atoms. The number of hydrogen-bond acceptors (Lipinski definition) is 3. The maximum atomic E-state index is 5.66. The Balaban J connectivity index is 1.91. The molecule has 80 valence electrons. The van der Waals surface area contributed by atoms with Crippen LogP contribution in [0, 0.1) is 0 Å². The van der Waals surface area contributed by atoms with Crippen LogP contribution in [0.25, 0.3) is 0 Å². The van der Waals surface area contributed by atoms with Gasteiger partial charge in [0.2, 0.25) is 0 Å². The summed E-state index contributed by atoms with van der Waals surface area (Å²) in [7, 11) is 0. The summed E-state index contributed by atoms with van der Waals surface area (Å²) in [5.41, 5.74) is 0. The zero-order chi connectivity index (χ0) is 10.7. The van der Waals surface area contributed by atoms with Crippen LogP contribution in [0.4, 0.5) is 0 Å². The zero-order valence-corrected chi connectivity index (χ0v) is 9.13. The molecule has 0 fully saturated rings. The summed E-state index contributed by atoms with van der Waals surface area (Å²) in [6.45, 7) is 5.11. The Morgan fingerprint density at radius 1 is 1.13 bits per heavy atom. The quantitative estimate of drug-likeness (QED) is 0.752. The van der Waals surface area contributed by atoms with E-state index in [0.717, 1.165) is 12.4 Å². The molecule has 15 heavy (non-hydrogen) atoms. The molecule has 0 unspecified atom stereocenters. The molecule has 0 aromatic heterocycles. The van der Waals surface area contributed by atoms with E-state index in [9.17, 15) is 0 Å². The Hall–Kier alpha value is -1.64. The van der Waals surface area contributed by atoms with Crippen molar-refractivity contribution >= 4 is 0 Å². The van der Waals surface area contributed by atoms with Crippen molar-refractivity contribution in [2.24, 2.45) is 0 Å². The van der Waals surface area contributed by atoms with Crippen LogP contribution >= 0.6 is 0 Å². The van der Waals surface area contributed by atoms with Gasteiger partial charge in [0.05, 0.1) is 6.20 Å². The van der Waals surface area contributed by atoms with Gasteiger partial charge in [-0.2, -0.15) is 5.06 Å². The van der Waals surface area contributed by atoms with Crippen molar-refractivity contribution < 1.29 is 4.84 Å². The second-order valence-corrected chi connectivity index (χ2v) is 3.87. The van der Waals surface area contributed by atoms with Gasteiger partial charge in [-0.05, 0) is 26.0 Å². The summed E-state index contributed by atoms with van der Waals surface area (Å²) in [6.07, 6.45) is 4.00. The minimum Gasteiger partial charge on any atom is -0.378 e. The molecule has 1 aliphatic heterocycles. The first kappa shape index (κ1) is 9.90. The Labute approximate surface area is 90.5 Å². The smallest absolute Gasteiger partial charge is 0.155 e. The van der Waals surface area contributed by atoms with Crippen LogP contribution in [0.5, 0.6) is 5.75 Å². The van der Waals surface area contributed by atoms with E-state index < -0.39 is 0 Å². The highest BCUT2D eigenvalue weighted by atomic mass is 16.7. The van der Waals surface area contributed by atoms with E-state index in [4.69, 9.17) is 4.84 Å². The van der Waals surface area contributed by atoms with Gasteiger partial charge in [0, 0.05) is 12.2 Å². The molecule has 0 saturated carbocycles. The topological polar surface area (TPSA) is 15.7 Å². The van der Waals surface area contributed by atoms with Crippen LogP contribution in [0.2, 0.25) is 0 Å². The van der Waals surface area contributed by atoms with Crippen molar-refractivity contribution in [1.82, 2.24) is 9.96 Å². The molecule has 1 aliphatic rings. The highest BCUT2D eigenvalue weighted by Gasteiger charge is 2.15. The van der Waals surface area contributed by atoms with E-state index in [0.29, 0.717) is 6.04 Å². The Bertz CT molecular complexity index is 335. The van der Waals surface area contributed by atoms with Crippen molar-refractivity contribution in [2.45, 2.75) is 19.9 Å². The van der Waals surface area contributed by atoms with E-state index in [1.54, 1.807) is 0 Å². The minimum absolute atomic E-state index is 0.505. The van der Waals surface area contributed by atoms with Gasteiger partial charge in [-0.1, -0.05) is 18.2 Å². The fourth-order valence-electron chi connectivity index (χ4n) is 1.43. The first-order valence-corrected chi connectivity index (χ1v) is 5.19. The molecule has 2 rings (SSSR count). The fraction of sp³-hybridized carbons (Fsp3) is 0.333. The summed E-state index contributed by atoms with van der Waals surface area (Å²) < 4.78 is 0. The van der Waals surface area contributed by atoms with Gasteiger partial charge in [-0.15, -0.1) is 0 Å². The summed E-state index contributed by atoms with van der Waals surface area (Å²) >= 11 is 0. The van der Waals surface area contributed by atoms with Gasteiger partial charge in [0.1, 0.15) is 6.67 Å². The number of benzene rings is 1. The van der Waals surface area contributed by atoms with Crippen molar-refractivity contribution in [3.8, 4) is 5.75 Å². The molecule has 0 amide bonds. The lowest BCUT2D eigenvalue weighted by molar-refractivity contribution is -0.0275. The summed E-state index contributed by atoms with van der Waals surface area (Å²) in [6, 6.07) is 10.3. The Morgan fingerprint density at radius 2 is 1.87 bits per heavy atom. The van der Waals surface area contributed by atoms with E-state index in [1.165, 1.54) is 0 Å². The van der Waals surface area contributed by atoms with Crippen molar-refractivity contribution in [2.75, 3.05) is 6.67 Å². The lowest BCUT2D eigenvalue weighted by Gasteiger charge is -2.23. The number of rotatable bonds is 3. The Morgan fingerprint density at radius 3 is 2.47 bits per heavy atom. The average Bonchev–Trinajstić information content (AvgIpc) is 2.68. The zero-order valence-electron chi connectivity index (χ0n) is 9.13. The summed E-state index contributed by atoms with van der Waals surface area (Å²) in [4.78, 5) is 7.87. The molecular formula is C12H16N2O. The second-order valence-electron chi connectivity index (χ2n) is 3.87. The molecule has 1 aromatic carbocycles. The SMILES string of the molecule is CC(C)N1C=CN(Oc2ccccc2)C1. The first-order chi connectivity index (χ1) is 7.25. The largest absolute Gasteiger partial charge is 0.378 e. The molecule has 3 heteroatoms. The van der Waals surface area contributed by atoms with E-state index in [2.05, 4.69) is 18.7 Å². The van der Waals surface area contributed by atoms with Gasteiger partial charge in [-0.3, -0.25) is 0 Å². The van der Waals surface area contributed by atoms with E-state index in [-0.39, 0.29) is 0 Å². The molecule has 3 nitrogen and oxygen atoms in total. The molecule has 0 N–H and O–H groups in total. The second kappa shape index (κ2) is 4.26. The van der Waals surface area contributed by atoms with Crippen LogP contribution in [-0.2, 0) is 0 Å². The van der Waals surface area contributed by atoms with Gasteiger partial charge in [0.15, 0.2) is 5.75 Å². The molecule has 0 bridgehead atoms. The lowest BCUT2D eigenvalue weighted by Crippen LogP contribution is -2.31. The molecule has 0 atom stereocenters. The lowest BCUT2D eigenvalue weighted by atomic mass is 10.3. The average molecular weight is 204 g/mol. The van der Waals surface area contributed by atoms with Crippen molar-refractivity contribution in [3.05, 3.63) is 42.7 Å². The normalized spacial score (nSPS) is 15.1. The van der Waals surface area contributed by atoms with E-state index >= 15 is 0 Å². The third-order valence-corrected chi connectivity index (χ3v) is 2.36. The van der Waals surface area contributed by atoms with Gasteiger partial charge >= 0.3 is 0 Å². The van der Waals surface area contributed by atoms with E-state index in [1.807, 2.05) is 47.8 Å². The molecule has 1 aromatic rings. The van der Waals surface area contributed by atoms with Crippen LogP contribution in [0.1, 0.15) is 13.8 Å². The molecule has 0 saturated heterocycles. The number of para-hydroxylation sites is 1. The van der Waals surface area contributed by atoms with Gasteiger partial charge in [0.25, 0.3) is 0 Å². The molecule has 0 aliphatic carbocycles. The molecular weight excluding hydrogens is 188 g/mol. The maximum absolute atomic E-state index is 5.66. The van der Waals surface area contributed by atoms with Crippen LogP contribution < -0.4 is 4.84 Å². The summed E-state index contributed by atoms with van der Waals surface area (Å²) in [5, 5.41) is 1.83. The van der Waals surface area contributed by atoms with Crippen LogP contribution in [0.15, 0.2) is 42.7 Å². The van der Waals surface area contributed by atoms with Gasteiger partial charge in [-0.25, -0.2) is 0 Å². The number of hydroxylamine groups is 2. The van der Waals surface area contributed by atoms with Gasteiger partial charge < -0.3 is 9.74 Å². The fourth-order valence-corrected chi connectivity index (χ4v) is 1.43. The number of hydrogen-bond donors (Lipinski definition) is 0. The van der Waals surface area contributed by atoms with Crippen LogP contribution in [0.3, 0.4) is 0 Å². The maximum Gasteiger partial charge on any atom is 0.155 e. The predicted octanol–water partition coefficient (Wildman–Crippen LogP) is 2.44. The molecule has 1 heterocycles. The van der Waals surface area contributed by atoms with Crippen molar-refractivity contribution in [1.29, 1.82) is 0 Å². The predicted molar refractivity (Wildman–Crippen MR) is 59.9 cm³/mol. The number of nitrogens with zero attached hydrogens (tertiary/aromatic N) is 2. The first-order valence-electron chi connectivity index (χ1n) is 5.19. The highest BCUT2D eigenvalue weighted by Crippen LogP contribution is 2.15. The third-order valence-electron chi connectivity index (χ3n) is 2.36. The standard InChI is InChI=1S/C12H16N2O/c1-11(2)13-8-9-14(10-13)15-12-6-4-3-5-7-12/h3-9,11H,10H2,1-2H3. The van der Waals surface area contributed by atoms with Crippen LogP contribution in [-0.4, -0.2) is 22.7 Å². The summed E-state index contributed by atoms with van der Waals surface area (Å²) in [5.74, 6) is 0.868. The monoisotopic (exact) mass is 204 g/mol. The molecule has 0 radical (unpaired) electrons. The third kappa shape index (κ3) is 2.43. The minimum atomic E-state index is 0.505. The Kier molecular flexibility index (Phi) is 2.81.